The lowest BCUT2D eigenvalue weighted by Crippen LogP contribution is -2.16. The van der Waals surface area contributed by atoms with Gasteiger partial charge in [-0.3, -0.25) is 0 Å². The molecule has 0 unspecified atom stereocenters. The summed E-state index contributed by atoms with van der Waals surface area (Å²) in [7, 11) is 0. The maximum Gasteiger partial charge on any atom is 0.412 e. The van der Waals surface area contributed by atoms with Crippen LogP contribution >= 0.6 is 0 Å². The van der Waals surface area contributed by atoms with Gasteiger partial charge in [0.15, 0.2) is 0 Å². The van der Waals surface area contributed by atoms with Crippen molar-refractivity contribution in [3.63, 3.8) is 0 Å². The summed E-state index contributed by atoms with van der Waals surface area (Å²) in [6.45, 7) is 1.98. The van der Waals surface area contributed by atoms with Crippen molar-refractivity contribution in [1.29, 1.82) is 0 Å². The Morgan fingerprint density at radius 2 is 2.18 bits per heavy atom. The Morgan fingerprint density at radius 3 is 2.64 bits per heavy atom. The molecule has 0 aliphatic heterocycles. The number of carbonyl (C=O) groups is 2. The molecule has 0 aromatic carbocycles. The molecular formula is C7H11NO3. The van der Waals surface area contributed by atoms with Crippen LogP contribution in [0.15, 0.2) is 12.2 Å². The highest BCUT2D eigenvalue weighted by Gasteiger charge is 1.99. The van der Waals surface area contributed by atoms with Gasteiger partial charge < -0.3 is 10.5 Å². The first-order valence-corrected chi connectivity index (χ1v) is 3.34. The summed E-state index contributed by atoms with van der Waals surface area (Å²) in [5, 5.41) is 0. The molecule has 0 aromatic rings. The molecule has 4 nitrogen and oxygen atoms in total. The van der Waals surface area contributed by atoms with Crippen molar-refractivity contribution < 1.29 is 14.3 Å². The first kappa shape index (κ1) is 9.68. The van der Waals surface area contributed by atoms with E-state index in [0.717, 1.165) is 12.8 Å². The van der Waals surface area contributed by atoms with Gasteiger partial charge in [0.25, 0.3) is 0 Å². The van der Waals surface area contributed by atoms with Crippen LogP contribution in [0.2, 0.25) is 0 Å². The second-order valence-electron chi connectivity index (χ2n) is 1.93. The number of ether oxygens (including phenoxy) is 1. The van der Waals surface area contributed by atoms with E-state index in [9.17, 15) is 9.59 Å². The predicted octanol–water partition coefficient (Wildman–Crippen LogP) is 0.965. The summed E-state index contributed by atoms with van der Waals surface area (Å²) in [6, 6.07) is 0. The third-order valence-corrected chi connectivity index (χ3v) is 0.910. The van der Waals surface area contributed by atoms with Crippen molar-refractivity contribution in [2.24, 2.45) is 5.73 Å². The second kappa shape index (κ2) is 5.46. The lowest BCUT2D eigenvalue weighted by Gasteiger charge is -1.91. The Kier molecular flexibility index (Phi) is 4.81. The van der Waals surface area contributed by atoms with Crippen LogP contribution in [0.1, 0.15) is 19.8 Å². The molecule has 2 N–H and O–H groups in total. The van der Waals surface area contributed by atoms with Gasteiger partial charge in [0.1, 0.15) is 0 Å². The van der Waals surface area contributed by atoms with Crippen molar-refractivity contribution in [2.45, 2.75) is 19.8 Å². The van der Waals surface area contributed by atoms with Gasteiger partial charge in [0, 0.05) is 6.08 Å². The van der Waals surface area contributed by atoms with Crippen LogP contribution in [0.3, 0.4) is 0 Å². The Morgan fingerprint density at radius 1 is 1.55 bits per heavy atom. The van der Waals surface area contributed by atoms with Crippen LogP contribution in [-0.4, -0.2) is 12.1 Å². The number of hydrogen-bond donors (Lipinski definition) is 1. The first-order chi connectivity index (χ1) is 5.16. The van der Waals surface area contributed by atoms with Gasteiger partial charge in [-0.25, -0.2) is 9.59 Å². The number of rotatable bonds is 3. The molecule has 0 aromatic heterocycles. The molecule has 0 radical (unpaired) electrons. The van der Waals surface area contributed by atoms with Gasteiger partial charge >= 0.3 is 12.1 Å². The largest absolute Gasteiger partial charge is 0.412 e. The fourth-order valence-corrected chi connectivity index (χ4v) is 0.479. The van der Waals surface area contributed by atoms with Crippen molar-refractivity contribution in [3.05, 3.63) is 12.2 Å². The minimum atomic E-state index is -1.07. The maximum absolute atomic E-state index is 10.5. The first-order valence-electron chi connectivity index (χ1n) is 3.34. The number of allylic oxidation sites excluding steroid dienone is 1. The number of esters is 1. The summed E-state index contributed by atoms with van der Waals surface area (Å²) in [5.41, 5.74) is 4.58. The van der Waals surface area contributed by atoms with Gasteiger partial charge in [-0.2, -0.15) is 0 Å². The van der Waals surface area contributed by atoms with Crippen LogP contribution in [-0.2, 0) is 9.53 Å². The number of nitrogens with two attached hydrogens (primary N) is 1. The Balaban J connectivity index is 3.60. The average Bonchev–Trinajstić information content (AvgIpc) is 1.86. The number of primary amides is 1. The molecule has 0 aliphatic rings. The van der Waals surface area contributed by atoms with E-state index in [1.165, 1.54) is 6.08 Å². The number of amides is 1. The molecule has 0 bridgehead atoms. The number of carbonyl (C=O) groups excluding carboxylic acids is 2. The van der Waals surface area contributed by atoms with E-state index in [0.29, 0.717) is 0 Å². The summed E-state index contributed by atoms with van der Waals surface area (Å²) in [6.07, 6.45) is 3.48. The van der Waals surface area contributed by atoms with Gasteiger partial charge in [-0.1, -0.05) is 19.4 Å². The van der Waals surface area contributed by atoms with E-state index in [2.05, 4.69) is 10.5 Å². The van der Waals surface area contributed by atoms with E-state index >= 15 is 0 Å². The lowest BCUT2D eigenvalue weighted by molar-refractivity contribution is -0.131. The van der Waals surface area contributed by atoms with Crippen LogP contribution in [0.4, 0.5) is 4.79 Å². The molecule has 0 aliphatic carbocycles. The summed E-state index contributed by atoms with van der Waals surface area (Å²) >= 11 is 0. The maximum atomic E-state index is 10.5. The van der Waals surface area contributed by atoms with Crippen LogP contribution in [0.25, 0.3) is 0 Å². The van der Waals surface area contributed by atoms with E-state index in [-0.39, 0.29) is 0 Å². The number of hydrogen-bond acceptors (Lipinski definition) is 3. The van der Waals surface area contributed by atoms with E-state index in [4.69, 9.17) is 0 Å². The topological polar surface area (TPSA) is 69.4 Å². The second-order valence-corrected chi connectivity index (χ2v) is 1.93. The average molecular weight is 157 g/mol. The molecule has 1 amide bonds. The molecule has 0 atom stereocenters. The zero-order chi connectivity index (χ0) is 8.69. The van der Waals surface area contributed by atoms with Crippen LogP contribution in [0.5, 0.6) is 0 Å². The van der Waals surface area contributed by atoms with Gasteiger partial charge in [-0.15, -0.1) is 0 Å². The third-order valence-electron chi connectivity index (χ3n) is 0.910. The SMILES string of the molecule is CCC/C=C/C(=O)OC(N)=O. The minimum Gasteiger partial charge on any atom is -0.373 e. The van der Waals surface area contributed by atoms with E-state index < -0.39 is 12.1 Å². The minimum absolute atomic E-state index is 0.717. The molecule has 62 valence electrons. The molecular weight excluding hydrogens is 146 g/mol. The van der Waals surface area contributed by atoms with Gasteiger partial charge in [0.05, 0.1) is 0 Å². The van der Waals surface area contributed by atoms with Gasteiger partial charge in [0.2, 0.25) is 0 Å². The fourth-order valence-electron chi connectivity index (χ4n) is 0.479. The van der Waals surface area contributed by atoms with E-state index in [1.807, 2.05) is 6.92 Å². The highest BCUT2D eigenvalue weighted by Crippen LogP contribution is 1.89. The Hall–Kier alpha value is -1.32. The van der Waals surface area contributed by atoms with Gasteiger partial charge in [-0.05, 0) is 6.42 Å². The predicted molar refractivity (Wildman–Crippen MR) is 39.7 cm³/mol. The number of unbranched alkanes of at least 4 members (excludes halogenated alkanes) is 1. The molecule has 0 spiro atoms. The quantitative estimate of drug-likeness (QED) is 0.377. The molecule has 4 heteroatoms. The summed E-state index contributed by atoms with van der Waals surface area (Å²) in [5.74, 6) is -0.717. The van der Waals surface area contributed by atoms with Crippen molar-refractivity contribution in [2.75, 3.05) is 0 Å². The zero-order valence-electron chi connectivity index (χ0n) is 6.37. The molecule has 0 saturated carbocycles. The Bertz CT molecular complexity index is 175. The van der Waals surface area contributed by atoms with Crippen molar-refractivity contribution in [3.8, 4) is 0 Å². The highest BCUT2D eigenvalue weighted by atomic mass is 16.6. The lowest BCUT2D eigenvalue weighted by atomic mass is 10.3. The molecule has 0 rings (SSSR count). The zero-order valence-corrected chi connectivity index (χ0v) is 6.37. The van der Waals surface area contributed by atoms with Crippen molar-refractivity contribution in [1.82, 2.24) is 0 Å². The van der Waals surface area contributed by atoms with Crippen LogP contribution < -0.4 is 5.73 Å². The monoisotopic (exact) mass is 157 g/mol. The van der Waals surface area contributed by atoms with Crippen molar-refractivity contribution >= 4 is 12.1 Å². The smallest absolute Gasteiger partial charge is 0.373 e. The standard InChI is InChI=1S/C7H11NO3/c1-2-3-4-5-6(9)11-7(8)10/h4-5H,2-3H2,1H3,(H2,8,10)/b5-4+. The molecule has 0 fully saturated rings. The normalized spacial score (nSPS) is 9.91. The highest BCUT2D eigenvalue weighted by molar-refractivity contribution is 5.90. The summed E-state index contributed by atoms with van der Waals surface area (Å²) in [4.78, 5) is 20.5. The fraction of sp³-hybridized carbons (Fsp3) is 0.429. The summed E-state index contributed by atoms with van der Waals surface area (Å²) < 4.78 is 4.01. The molecule has 0 heterocycles. The Labute approximate surface area is 65.0 Å². The van der Waals surface area contributed by atoms with Crippen LogP contribution in [0, 0.1) is 0 Å². The molecule has 0 saturated heterocycles. The van der Waals surface area contributed by atoms with E-state index in [1.54, 1.807) is 6.08 Å². The third kappa shape index (κ3) is 6.57. The molecule has 11 heavy (non-hydrogen) atoms.